The summed E-state index contributed by atoms with van der Waals surface area (Å²) in [6.45, 7) is 0. The van der Waals surface area contributed by atoms with Crippen molar-refractivity contribution in [1.82, 2.24) is 10.3 Å². The average Bonchev–Trinajstić information content (AvgIpc) is 2.92. The van der Waals surface area contributed by atoms with Gasteiger partial charge in [-0.2, -0.15) is 26.3 Å². The summed E-state index contributed by atoms with van der Waals surface area (Å²) in [6, 6.07) is 11.5. The van der Waals surface area contributed by atoms with E-state index in [1.807, 2.05) is 0 Å². The molecular weight excluding hydrogens is 524 g/mol. The number of methoxy groups -OCH3 is 1. The normalized spacial score (nSPS) is 18.7. The molecule has 12 heteroatoms. The van der Waals surface area contributed by atoms with E-state index in [2.05, 4.69) is 25.9 Å². The number of amidine groups is 1. The maximum Gasteiger partial charge on any atom is 0.416 e. The molecule has 39 heavy (non-hydrogen) atoms. The molecule has 6 nitrogen and oxygen atoms in total. The number of aromatic nitrogens is 1. The Morgan fingerprint density at radius 2 is 1.64 bits per heavy atom. The van der Waals surface area contributed by atoms with Crippen LogP contribution in [0.4, 0.5) is 37.7 Å². The van der Waals surface area contributed by atoms with Gasteiger partial charge in [0.05, 0.1) is 24.3 Å². The van der Waals surface area contributed by atoms with Crippen LogP contribution in [0.2, 0.25) is 0 Å². The first-order valence-electron chi connectivity index (χ1n) is 11.7. The number of alkyl halides is 6. The molecule has 3 heterocycles. The molecule has 0 aliphatic carbocycles. The Hall–Kier alpha value is -4.48. The van der Waals surface area contributed by atoms with E-state index in [0.29, 0.717) is 39.8 Å². The lowest BCUT2D eigenvalue weighted by molar-refractivity contribution is -0.137. The number of nitrogens with one attached hydrogen (secondary N) is 3. The highest BCUT2D eigenvalue weighted by Crippen LogP contribution is 2.40. The van der Waals surface area contributed by atoms with Crippen molar-refractivity contribution in [2.24, 2.45) is 4.99 Å². The van der Waals surface area contributed by atoms with Gasteiger partial charge in [-0.15, -0.1) is 0 Å². The Morgan fingerprint density at radius 1 is 0.897 bits per heavy atom. The van der Waals surface area contributed by atoms with E-state index in [0.717, 1.165) is 18.2 Å². The number of ether oxygens (including phenoxy) is 1. The summed E-state index contributed by atoms with van der Waals surface area (Å²) >= 11 is 0. The molecule has 0 saturated heterocycles. The predicted octanol–water partition coefficient (Wildman–Crippen LogP) is 6.74. The van der Waals surface area contributed by atoms with Gasteiger partial charge < -0.3 is 20.7 Å². The fraction of sp³-hybridized carbons (Fsp3) is 0.185. The van der Waals surface area contributed by atoms with Gasteiger partial charge in [-0.1, -0.05) is 12.1 Å². The minimum atomic E-state index is -4.54. The molecule has 0 amide bonds. The molecule has 2 unspecified atom stereocenters. The topological polar surface area (TPSA) is 70.6 Å². The summed E-state index contributed by atoms with van der Waals surface area (Å²) in [5.74, 6) is 0.700. The lowest BCUT2D eigenvalue weighted by atomic mass is 9.93. The fourth-order valence-corrected chi connectivity index (χ4v) is 4.28. The Kier molecular flexibility index (Phi) is 6.71. The Morgan fingerprint density at radius 3 is 2.28 bits per heavy atom. The van der Waals surface area contributed by atoms with E-state index >= 15 is 0 Å². The zero-order valence-electron chi connectivity index (χ0n) is 20.2. The molecule has 2 aliphatic heterocycles. The van der Waals surface area contributed by atoms with E-state index < -0.39 is 35.7 Å². The first-order chi connectivity index (χ1) is 18.5. The quantitative estimate of drug-likeness (QED) is 0.317. The number of aliphatic imine (C=N–C) groups is 1. The van der Waals surface area contributed by atoms with Crippen molar-refractivity contribution in [2.75, 3.05) is 17.7 Å². The SMILES string of the molecule is COc1ccc(C2N=C(Nc3ccc(C(F)(F)F)cc3)c3ccc(C4NC=CC=C4C(F)(F)F)cc3N2)cn1. The number of benzene rings is 2. The van der Waals surface area contributed by atoms with Gasteiger partial charge in [-0.25, -0.2) is 9.98 Å². The predicted molar refractivity (Wildman–Crippen MR) is 134 cm³/mol. The summed E-state index contributed by atoms with van der Waals surface area (Å²) in [7, 11) is 1.47. The molecule has 1 aromatic heterocycles. The van der Waals surface area contributed by atoms with Crippen molar-refractivity contribution in [3.63, 3.8) is 0 Å². The van der Waals surface area contributed by atoms with Crippen LogP contribution in [0, 0.1) is 0 Å². The molecule has 202 valence electrons. The summed E-state index contributed by atoms with van der Waals surface area (Å²) in [6.07, 6.45) is -4.41. The van der Waals surface area contributed by atoms with Gasteiger partial charge in [0.25, 0.3) is 0 Å². The second-order valence-corrected chi connectivity index (χ2v) is 8.74. The largest absolute Gasteiger partial charge is 0.481 e. The first kappa shape index (κ1) is 26.1. The molecule has 2 atom stereocenters. The molecule has 5 rings (SSSR count). The maximum atomic E-state index is 13.7. The third-order valence-corrected chi connectivity index (χ3v) is 6.21. The van der Waals surface area contributed by atoms with Crippen LogP contribution in [0.25, 0.3) is 0 Å². The van der Waals surface area contributed by atoms with Crippen LogP contribution in [0.5, 0.6) is 5.88 Å². The second kappa shape index (κ2) is 10.0. The zero-order chi connectivity index (χ0) is 27.8. The van der Waals surface area contributed by atoms with Crippen molar-refractivity contribution in [1.29, 1.82) is 0 Å². The average molecular weight is 545 g/mol. The standard InChI is InChI=1S/C27H21F6N5O/c1-39-22-11-5-16(14-35-22)24-37-21-13-15(23-20(27(31,32)33)3-2-12-34-23)4-10-19(21)25(38-24)36-18-8-6-17(7-9-18)26(28,29)30/h2-14,23-24,34,37H,1H3,(H,36,38). The van der Waals surface area contributed by atoms with Gasteiger partial charge in [0.2, 0.25) is 5.88 Å². The van der Waals surface area contributed by atoms with Gasteiger partial charge in [-0.05, 0) is 60.3 Å². The second-order valence-electron chi connectivity index (χ2n) is 8.74. The highest BCUT2D eigenvalue weighted by molar-refractivity contribution is 6.12. The Balaban J connectivity index is 1.52. The van der Waals surface area contributed by atoms with Gasteiger partial charge >= 0.3 is 12.4 Å². The number of dihydropyridines is 1. The third-order valence-electron chi connectivity index (χ3n) is 6.21. The summed E-state index contributed by atoms with van der Waals surface area (Å²) in [5, 5.41) is 9.04. The molecule has 0 bridgehead atoms. The van der Waals surface area contributed by atoms with Crippen LogP contribution in [0.1, 0.15) is 34.5 Å². The van der Waals surface area contributed by atoms with Gasteiger partial charge in [-0.3, -0.25) is 0 Å². The zero-order valence-corrected chi connectivity index (χ0v) is 20.2. The molecule has 0 saturated carbocycles. The number of anilines is 2. The number of rotatable bonds is 4. The first-order valence-corrected chi connectivity index (χ1v) is 11.7. The smallest absolute Gasteiger partial charge is 0.416 e. The van der Waals surface area contributed by atoms with Crippen LogP contribution >= 0.6 is 0 Å². The molecule has 3 aromatic rings. The van der Waals surface area contributed by atoms with Crippen molar-refractivity contribution in [2.45, 2.75) is 24.6 Å². The summed E-state index contributed by atoms with van der Waals surface area (Å²) in [4.78, 5) is 8.87. The molecular formula is C27H21F6N5O. The summed E-state index contributed by atoms with van der Waals surface area (Å²) < 4.78 is 85.2. The number of hydrogen-bond donors (Lipinski definition) is 3. The molecule has 2 aromatic carbocycles. The fourth-order valence-electron chi connectivity index (χ4n) is 4.28. The lowest BCUT2D eigenvalue weighted by Gasteiger charge is -2.29. The Labute approximate surface area is 219 Å². The van der Waals surface area contributed by atoms with Crippen LogP contribution < -0.4 is 20.7 Å². The van der Waals surface area contributed by atoms with E-state index in [1.54, 1.807) is 36.5 Å². The van der Waals surface area contributed by atoms with Crippen molar-refractivity contribution in [3.05, 3.63) is 107 Å². The molecule has 0 spiro atoms. The summed E-state index contributed by atoms with van der Waals surface area (Å²) in [5.41, 5.74) is 0.816. The highest BCUT2D eigenvalue weighted by atomic mass is 19.4. The van der Waals surface area contributed by atoms with Crippen LogP contribution in [-0.4, -0.2) is 24.1 Å². The van der Waals surface area contributed by atoms with Crippen molar-refractivity contribution >= 4 is 17.2 Å². The molecule has 0 fully saturated rings. The van der Waals surface area contributed by atoms with E-state index in [4.69, 9.17) is 4.74 Å². The minimum Gasteiger partial charge on any atom is -0.481 e. The number of hydrogen-bond acceptors (Lipinski definition) is 6. The minimum absolute atomic E-state index is 0.318. The van der Waals surface area contributed by atoms with Crippen molar-refractivity contribution in [3.8, 4) is 5.88 Å². The van der Waals surface area contributed by atoms with Crippen LogP contribution in [-0.2, 0) is 6.18 Å². The lowest BCUT2D eigenvalue weighted by Crippen LogP contribution is -2.29. The van der Waals surface area contributed by atoms with E-state index in [1.165, 1.54) is 31.5 Å². The highest BCUT2D eigenvalue weighted by Gasteiger charge is 2.40. The third kappa shape index (κ3) is 5.54. The molecule has 3 N–H and O–H groups in total. The monoisotopic (exact) mass is 545 g/mol. The number of allylic oxidation sites excluding steroid dienone is 2. The molecule has 2 aliphatic rings. The van der Waals surface area contributed by atoms with E-state index in [9.17, 15) is 26.3 Å². The van der Waals surface area contributed by atoms with Gasteiger partial charge in [0.1, 0.15) is 12.0 Å². The number of halogens is 6. The Bertz CT molecular complexity index is 1440. The van der Waals surface area contributed by atoms with E-state index in [-0.39, 0.29) is 0 Å². The maximum absolute atomic E-state index is 13.7. The van der Waals surface area contributed by atoms with Gasteiger partial charge in [0, 0.05) is 34.8 Å². The number of nitrogens with zero attached hydrogens (tertiary/aromatic N) is 2. The van der Waals surface area contributed by atoms with Crippen LogP contribution in [0.15, 0.2) is 89.7 Å². The number of pyridine rings is 1. The van der Waals surface area contributed by atoms with Crippen LogP contribution in [0.3, 0.4) is 0 Å². The molecule has 0 radical (unpaired) electrons. The number of fused-ring (bicyclic) bond motifs is 1. The van der Waals surface area contributed by atoms with Crippen molar-refractivity contribution < 1.29 is 31.1 Å². The van der Waals surface area contributed by atoms with Gasteiger partial charge in [0.15, 0.2) is 0 Å².